The number of nitriles is 1. The number of aromatic nitrogens is 1. The van der Waals surface area contributed by atoms with Crippen LogP contribution >= 0.6 is 22.6 Å². The number of rotatable bonds is 1. The molecule has 0 bridgehead atoms. The third-order valence-corrected chi connectivity index (χ3v) is 2.62. The van der Waals surface area contributed by atoms with Crippen LogP contribution in [0.15, 0.2) is 12.1 Å². The summed E-state index contributed by atoms with van der Waals surface area (Å²) in [6, 6.07) is 6.14. The Hall–Kier alpha value is -0.630. The molecular formula is C9H7IN2. The predicted octanol–water partition coefficient (Wildman–Crippen LogP) is 2.44. The van der Waals surface area contributed by atoms with Gasteiger partial charge in [0.2, 0.25) is 0 Å². The maximum atomic E-state index is 8.80. The highest BCUT2D eigenvalue weighted by atomic mass is 127. The zero-order chi connectivity index (χ0) is 8.55. The first-order chi connectivity index (χ1) is 5.81. The minimum Gasteiger partial charge on any atom is -0.231 e. The molecule has 60 valence electrons. The van der Waals surface area contributed by atoms with E-state index in [0.717, 1.165) is 9.26 Å². The SMILES string of the molecule is N#Cc1nc(I)ccc1C1CC1. The summed E-state index contributed by atoms with van der Waals surface area (Å²) in [4.78, 5) is 4.18. The first-order valence-electron chi connectivity index (χ1n) is 3.88. The molecule has 1 saturated carbocycles. The largest absolute Gasteiger partial charge is 0.231 e. The minimum atomic E-state index is 0.615. The Labute approximate surface area is 84.8 Å². The van der Waals surface area contributed by atoms with Crippen molar-refractivity contribution < 1.29 is 0 Å². The Morgan fingerprint density at radius 3 is 2.83 bits per heavy atom. The van der Waals surface area contributed by atoms with Gasteiger partial charge in [-0.1, -0.05) is 6.07 Å². The third-order valence-electron chi connectivity index (χ3n) is 2.02. The fraction of sp³-hybridized carbons (Fsp3) is 0.333. The zero-order valence-electron chi connectivity index (χ0n) is 6.42. The lowest BCUT2D eigenvalue weighted by Crippen LogP contribution is -1.93. The van der Waals surface area contributed by atoms with Gasteiger partial charge in [0.15, 0.2) is 0 Å². The molecule has 2 nitrogen and oxygen atoms in total. The highest BCUT2D eigenvalue weighted by Crippen LogP contribution is 2.41. The molecule has 0 atom stereocenters. The van der Waals surface area contributed by atoms with Crippen molar-refractivity contribution in [1.29, 1.82) is 5.26 Å². The van der Waals surface area contributed by atoms with Crippen molar-refractivity contribution in [2.45, 2.75) is 18.8 Å². The van der Waals surface area contributed by atoms with E-state index >= 15 is 0 Å². The second-order valence-corrected chi connectivity index (χ2v) is 4.06. The topological polar surface area (TPSA) is 36.7 Å². The monoisotopic (exact) mass is 270 g/mol. The summed E-state index contributed by atoms with van der Waals surface area (Å²) in [6.45, 7) is 0. The summed E-state index contributed by atoms with van der Waals surface area (Å²) in [5, 5.41) is 8.80. The van der Waals surface area contributed by atoms with E-state index in [4.69, 9.17) is 5.26 Å². The van der Waals surface area contributed by atoms with Crippen LogP contribution in [0.1, 0.15) is 30.0 Å². The third kappa shape index (κ3) is 1.44. The number of halogens is 1. The second kappa shape index (κ2) is 3.02. The lowest BCUT2D eigenvalue weighted by atomic mass is 10.1. The van der Waals surface area contributed by atoms with E-state index < -0.39 is 0 Å². The van der Waals surface area contributed by atoms with Gasteiger partial charge >= 0.3 is 0 Å². The van der Waals surface area contributed by atoms with Crippen LogP contribution in [0.3, 0.4) is 0 Å². The second-order valence-electron chi connectivity index (χ2n) is 2.96. The molecule has 0 N–H and O–H groups in total. The molecule has 12 heavy (non-hydrogen) atoms. The van der Waals surface area contributed by atoms with Gasteiger partial charge in [0.25, 0.3) is 0 Å². The van der Waals surface area contributed by atoms with Crippen LogP contribution in [0.5, 0.6) is 0 Å². The Kier molecular flexibility index (Phi) is 2.01. The van der Waals surface area contributed by atoms with Crippen molar-refractivity contribution in [3.8, 4) is 6.07 Å². The highest BCUT2D eigenvalue weighted by molar-refractivity contribution is 14.1. The molecule has 0 aliphatic heterocycles. The molecular weight excluding hydrogens is 263 g/mol. The van der Waals surface area contributed by atoms with Gasteiger partial charge in [0, 0.05) is 0 Å². The average Bonchev–Trinajstić information content (AvgIpc) is 2.87. The van der Waals surface area contributed by atoms with Gasteiger partial charge in [0.05, 0.1) is 0 Å². The van der Waals surface area contributed by atoms with Crippen molar-refractivity contribution in [3.63, 3.8) is 0 Å². The lowest BCUT2D eigenvalue weighted by molar-refractivity contribution is 1.06. The normalized spacial score (nSPS) is 15.7. The molecule has 0 aromatic carbocycles. The predicted molar refractivity (Wildman–Crippen MR) is 53.6 cm³/mol. The smallest absolute Gasteiger partial charge is 0.145 e. The molecule has 1 fully saturated rings. The molecule has 1 aromatic rings. The van der Waals surface area contributed by atoms with Crippen LogP contribution in [0, 0.1) is 15.0 Å². The molecule has 0 radical (unpaired) electrons. The van der Waals surface area contributed by atoms with E-state index in [9.17, 15) is 0 Å². The molecule has 0 spiro atoms. The van der Waals surface area contributed by atoms with E-state index in [1.54, 1.807) is 0 Å². The van der Waals surface area contributed by atoms with Crippen molar-refractivity contribution >= 4 is 22.6 Å². The van der Waals surface area contributed by atoms with Gasteiger partial charge in [-0.2, -0.15) is 5.26 Å². The Morgan fingerprint density at radius 1 is 1.50 bits per heavy atom. The molecule has 1 heterocycles. The van der Waals surface area contributed by atoms with Crippen LogP contribution in [-0.2, 0) is 0 Å². The maximum absolute atomic E-state index is 8.80. The van der Waals surface area contributed by atoms with Crippen molar-refractivity contribution in [1.82, 2.24) is 4.98 Å². The first-order valence-corrected chi connectivity index (χ1v) is 4.95. The number of hydrogen-bond donors (Lipinski definition) is 0. The van der Waals surface area contributed by atoms with Crippen LogP contribution in [0.2, 0.25) is 0 Å². The minimum absolute atomic E-state index is 0.615. The summed E-state index contributed by atoms with van der Waals surface area (Å²) < 4.78 is 0.897. The van der Waals surface area contributed by atoms with Gasteiger partial charge in [-0.3, -0.25) is 0 Å². The van der Waals surface area contributed by atoms with Gasteiger partial charge in [-0.15, -0.1) is 0 Å². The van der Waals surface area contributed by atoms with Gasteiger partial charge in [0.1, 0.15) is 15.5 Å². The van der Waals surface area contributed by atoms with Crippen molar-refractivity contribution in [3.05, 3.63) is 27.1 Å². The molecule has 0 amide bonds. The summed E-state index contributed by atoms with van der Waals surface area (Å²) >= 11 is 2.13. The van der Waals surface area contributed by atoms with E-state index in [2.05, 4.69) is 33.6 Å². The van der Waals surface area contributed by atoms with E-state index in [-0.39, 0.29) is 0 Å². The fourth-order valence-corrected chi connectivity index (χ4v) is 1.68. The maximum Gasteiger partial charge on any atom is 0.145 e. The van der Waals surface area contributed by atoms with Crippen molar-refractivity contribution in [2.24, 2.45) is 0 Å². The Bertz CT molecular complexity index is 350. The molecule has 1 aliphatic rings. The summed E-state index contributed by atoms with van der Waals surface area (Å²) in [6.07, 6.45) is 2.44. The summed E-state index contributed by atoms with van der Waals surface area (Å²) in [5.74, 6) is 0.615. The summed E-state index contributed by atoms with van der Waals surface area (Å²) in [7, 11) is 0. The van der Waals surface area contributed by atoms with Gasteiger partial charge < -0.3 is 0 Å². The molecule has 3 heteroatoms. The Balaban J connectivity index is 2.47. The average molecular weight is 270 g/mol. The molecule has 2 rings (SSSR count). The molecule has 1 aromatic heterocycles. The van der Waals surface area contributed by atoms with Crippen LogP contribution in [0.4, 0.5) is 0 Å². The molecule has 1 aliphatic carbocycles. The van der Waals surface area contributed by atoms with E-state index in [1.807, 2.05) is 12.1 Å². The fourth-order valence-electron chi connectivity index (χ4n) is 1.26. The zero-order valence-corrected chi connectivity index (χ0v) is 8.58. The highest BCUT2D eigenvalue weighted by Gasteiger charge is 2.26. The van der Waals surface area contributed by atoms with Crippen LogP contribution in [0.25, 0.3) is 0 Å². The van der Waals surface area contributed by atoms with E-state index in [1.165, 1.54) is 12.8 Å². The van der Waals surface area contributed by atoms with Crippen molar-refractivity contribution in [2.75, 3.05) is 0 Å². The first kappa shape index (κ1) is 7.99. The number of pyridine rings is 1. The number of hydrogen-bond acceptors (Lipinski definition) is 2. The standard InChI is InChI=1S/C9H7IN2/c10-9-4-3-7(6-1-2-6)8(5-11)12-9/h3-4,6H,1-2H2. The van der Waals surface area contributed by atoms with Crippen LogP contribution in [-0.4, -0.2) is 4.98 Å². The number of nitrogens with zero attached hydrogens (tertiary/aromatic N) is 2. The van der Waals surface area contributed by atoms with Crippen LogP contribution < -0.4 is 0 Å². The van der Waals surface area contributed by atoms with E-state index in [0.29, 0.717) is 11.6 Å². The lowest BCUT2D eigenvalue weighted by Gasteiger charge is -1.99. The summed E-state index contributed by atoms with van der Waals surface area (Å²) in [5.41, 5.74) is 1.75. The quantitative estimate of drug-likeness (QED) is 0.580. The Morgan fingerprint density at radius 2 is 2.25 bits per heavy atom. The van der Waals surface area contributed by atoms with Gasteiger partial charge in [-0.05, 0) is 53.0 Å². The van der Waals surface area contributed by atoms with Gasteiger partial charge in [-0.25, -0.2) is 4.98 Å². The molecule has 0 unspecified atom stereocenters. The molecule has 0 saturated heterocycles.